The number of hydrogen-bond donors (Lipinski definition) is 2. The van der Waals surface area contributed by atoms with Crippen LogP contribution >= 0.6 is 0 Å². The fraction of sp³-hybridized carbons (Fsp3) is 0.381. The zero-order chi connectivity index (χ0) is 20.7. The van der Waals surface area contributed by atoms with Crippen molar-refractivity contribution in [3.63, 3.8) is 0 Å². The predicted molar refractivity (Wildman–Crippen MR) is 111 cm³/mol. The number of nitrogens with one attached hydrogen (secondary N) is 2. The summed E-state index contributed by atoms with van der Waals surface area (Å²) in [6.07, 6.45) is 0.940. The number of sulfonamides is 1. The van der Waals surface area contributed by atoms with Crippen molar-refractivity contribution >= 4 is 21.6 Å². The molecule has 0 saturated carbocycles. The third-order valence-electron chi connectivity index (χ3n) is 4.14. The van der Waals surface area contributed by atoms with Gasteiger partial charge in [-0.2, -0.15) is 0 Å². The van der Waals surface area contributed by atoms with E-state index < -0.39 is 10.0 Å². The first-order valence-electron chi connectivity index (χ1n) is 9.33. The Balaban J connectivity index is 1.96. The molecular weight excluding hydrogens is 376 g/mol. The van der Waals surface area contributed by atoms with E-state index >= 15 is 0 Å². The molecule has 1 amide bonds. The fourth-order valence-electron chi connectivity index (χ4n) is 2.47. The van der Waals surface area contributed by atoms with E-state index in [4.69, 9.17) is 4.74 Å². The molecule has 0 saturated heterocycles. The van der Waals surface area contributed by atoms with Crippen LogP contribution in [0.15, 0.2) is 47.4 Å². The van der Waals surface area contributed by atoms with Gasteiger partial charge in [0.2, 0.25) is 10.0 Å². The zero-order valence-corrected chi connectivity index (χ0v) is 17.6. The second-order valence-electron chi connectivity index (χ2n) is 7.06. The Kier molecular flexibility index (Phi) is 7.60. The van der Waals surface area contributed by atoms with Gasteiger partial charge in [0.25, 0.3) is 5.91 Å². The normalized spacial score (nSPS) is 11.5. The van der Waals surface area contributed by atoms with Gasteiger partial charge in [-0.25, -0.2) is 13.1 Å². The molecule has 0 heterocycles. The number of ether oxygens (including phenoxy) is 1. The zero-order valence-electron chi connectivity index (χ0n) is 16.8. The molecule has 6 nitrogen and oxygen atoms in total. The summed E-state index contributed by atoms with van der Waals surface area (Å²) in [4.78, 5) is 12.3. The van der Waals surface area contributed by atoms with Crippen molar-refractivity contribution in [2.24, 2.45) is 5.92 Å². The van der Waals surface area contributed by atoms with Crippen LogP contribution in [0.25, 0.3) is 0 Å². The molecule has 2 rings (SSSR count). The molecule has 0 bridgehead atoms. The maximum Gasteiger partial charge on any atom is 0.262 e. The summed E-state index contributed by atoms with van der Waals surface area (Å²) in [6.45, 7) is 7.91. The van der Waals surface area contributed by atoms with Crippen molar-refractivity contribution in [2.75, 3.05) is 18.5 Å². The molecular formula is C21H28N2O4S. The van der Waals surface area contributed by atoms with Crippen molar-refractivity contribution in [1.29, 1.82) is 0 Å². The largest absolute Gasteiger partial charge is 0.483 e. The minimum absolute atomic E-state index is 0.159. The fourth-order valence-corrected chi connectivity index (χ4v) is 3.77. The van der Waals surface area contributed by atoms with Gasteiger partial charge in [-0.3, -0.25) is 4.79 Å². The number of benzene rings is 2. The highest BCUT2D eigenvalue weighted by atomic mass is 32.2. The van der Waals surface area contributed by atoms with Crippen molar-refractivity contribution in [3.8, 4) is 5.75 Å². The van der Waals surface area contributed by atoms with Crippen molar-refractivity contribution in [1.82, 2.24) is 4.72 Å². The molecule has 2 aromatic carbocycles. The van der Waals surface area contributed by atoms with Crippen LogP contribution in [-0.2, 0) is 21.2 Å². The van der Waals surface area contributed by atoms with Gasteiger partial charge in [-0.1, -0.05) is 32.9 Å². The number of aryl methyl sites for hydroxylation is 2. The van der Waals surface area contributed by atoms with Crippen LogP contribution < -0.4 is 14.8 Å². The molecule has 0 aromatic heterocycles. The van der Waals surface area contributed by atoms with Gasteiger partial charge in [0.1, 0.15) is 5.75 Å². The summed E-state index contributed by atoms with van der Waals surface area (Å²) in [7, 11) is -3.56. The summed E-state index contributed by atoms with van der Waals surface area (Å²) in [6, 6.07) is 12.2. The van der Waals surface area contributed by atoms with Gasteiger partial charge in [0.15, 0.2) is 6.61 Å². The number of anilines is 1. The Morgan fingerprint density at radius 2 is 1.79 bits per heavy atom. The summed E-state index contributed by atoms with van der Waals surface area (Å²) in [5.74, 6) is 0.411. The van der Waals surface area contributed by atoms with Gasteiger partial charge in [-0.05, 0) is 60.7 Å². The second kappa shape index (κ2) is 9.71. The standard InChI is InChI=1S/C21H28N2O4S/c1-5-17-6-8-18(9-7-17)23-21(24)14-27-20-11-10-19(12-16(20)4)28(25,26)22-13-15(2)3/h6-12,15,22H,5,13-14H2,1-4H3,(H,23,24). The van der Waals surface area contributed by atoms with E-state index in [1.807, 2.05) is 38.1 Å². The number of carbonyl (C=O) groups is 1. The molecule has 152 valence electrons. The summed E-state index contributed by atoms with van der Waals surface area (Å²) in [5, 5.41) is 2.78. The van der Waals surface area contributed by atoms with Gasteiger partial charge < -0.3 is 10.1 Å². The van der Waals surface area contributed by atoms with E-state index in [0.29, 0.717) is 23.5 Å². The molecule has 7 heteroatoms. The lowest BCUT2D eigenvalue weighted by Gasteiger charge is -2.13. The lowest BCUT2D eigenvalue weighted by atomic mass is 10.1. The Bertz CT molecular complexity index is 907. The first kappa shape index (κ1) is 21.9. The van der Waals surface area contributed by atoms with Crippen molar-refractivity contribution in [3.05, 3.63) is 53.6 Å². The minimum Gasteiger partial charge on any atom is -0.483 e. The first-order valence-corrected chi connectivity index (χ1v) is 10.8. The quantitative estimate of drug-likeness (QED) is 0.670. The van der Waals surface area contributed by atoms with E-state index in [1.54, 1.807) is 19.1 Å². The highest BCUT2D eigenvalue weighted by Gasteiger charge is 2.16. The second-order valence-corrected chi connectivity index (χ2v) is 8.83. The maximum atomic E-state index is 12.3. The van der Waals surface area contributed by atoms with Crippen molar-refractivity contribution < 1.29 is 17.9 Å². The topological polar surface area (TPSA) is 84.5 Å². The van der Waals surface area contributed by atoms with Gasteiger partial charge in [0, 0.05) is 12.2 Å². The molecule has 0 fully saturated rings. The Hall–Kier alpha value is -2.38. The van der Waals surface area contributed by atoms with Gasteiger partial charge >= 0.3 is 0 Å². The number of hydrogen-bond acceptors (Lipinski definition) is 4. The summed E-state index contributed by atoms with van der Waals surface area (Å²) >= 11 is 0. The molecule has 0 atom stereocenters. The third kappa shape index (κ3) is 6.35. The summed E-state index contributed by atoms with van der Waals surface area (Å²) < 4.78 is 32.7. The number of amides is 1. The van der Waals surface area contributed by atoms with E-state index in [9.17, 15) is 13.2 Å². The first-order chi connectivity index (χ1) is 13.2. The van der Waals surface area contributed by atoms with Crippen LogP contribution in [0.3, 0.4) is 0 Å². The number of rotatable bonds is 9. The SMILES string of the molecule is CCc1ccc(NC(=O)COc2ccc(S(=O)(=O)NCC(C)C)cc2C)cc1. The van der Waals surface area contributed by atoms with E-state index in [-0.39, 0.29) is 23.3 Å². The van der Waals surface area contributed by atoms with E-state index in [0.717, 1.165) is 6.42 Å². The number of carbonyl (C=O) groups excluding carboxylic acids is 1. The Morgan fingerprint density at radius 3 is 2.36 bits per heavy atom. The molecule has 2 aromatic rings. The van der Waals surface area contributed by atoms with Crippen LogP contribution in [0.1, 0.15) is 31.9 Å². The molecule has 0 radical (unpaired) electrons. The predicted octanol–water partition coefficient (Wildman–Crippen LogP) is 3.51. The average molecular weight is 405 g/mol. The van der Waals surface area contributed by atoms with E-state index in [2.05, 4.69) is 17.0 Å². The van der Waals surface area contributed by atoms with Crippen molar-refractivity contribution in [2.45, 2.75) is 39.0 Å². The lowest BCUT2D eigenvalue weighted by Crippen LogP contribution is -2.27. The van der Waals surface area contributed by atoms with Crippen LogP contribution in [-0.4, -0.2) is 27.5 Å². The van der Waals surface area contributed by atoms with Crippen LogP contribution in [0, 0.1) is 12.8 Å². The molecule has 0 aliphatic rings. The monoisotopic (exact) mass is 404 g/mol. The molecule has 28 heavy (non-hydrogen) atoms. The molecule has 0 aliphatic heterocycles. The van der Waals surface area contributed by atoms with Crippen LogP contribution in [0.2, 0.25) is 0 Å². The average Bonchev–Trinajstić information content (AvgIpc) is 2.66. The smallest absolute Gasteiger partial charge is 0.262 e. The Morgan fingerprint density at radius 1 is 1.11 bits per heavy atom. The minimum atomic E-state index is -3.56. The summed E-state index contributed by atoms with van der Waals surface area (Å²) in [5.41, 5.74) is 2.55. The van der Waals surface area contributed by atoms with Gasteiger partial charge in [0.05, 0.1) is 4.90 Å². The van der Waals surface area contributed by atoms with Crippen LogP contribution in [0.4, 0.5) is 5.69 Å². The Labute approximate surface area is 167 Å². The van der Waals surface area contributed by atoms with Gasteiger partial charge in [-0.15, -0.1) is 0 Å². The molecule has 2 N–H and O–H groups in total. The molecule has 0 aliphatic carbocycles. The maximum absolute atomic E-state index is 12.3. The van der Waals surface area contributed by atoms with Crippen LogP contribution in [0.5, 0.6) is 5.75 Å². The lowest BCUT2D eigenvalue weighted by molar-refractivity contribution is -0.118. The molecule has 0 unspecified atom stereocenters. The molecule has 0 spiro atoms. The van der Waals surface area contributed by atoms with E-state index in [1.165, 1.54) is 11.6 Å². The highest BCUT2D eigenvalue weighted by Crippen LogP contribution is 2.22. The highest BCUT2D eigenvalue weighted by molar-refractivity contribution is 7.89. The third-order valence-corrected chi connectivity index (χ3v) is 5.56.